The maximum atomic E-state index is 2.45. The van der Waals surface area contributed by atoms with Crippen molar-refractivity contribution >= 4 is 10.8 Å². The predicted molar refractivity (Wildman–Crippen MR) is 124 cm³/mol. The van der Waals surface area contributed by atoms with Crippen molar-refractivity contribution in [2.24, 2.45) is 0 Å². The number of hydrogen-bond donors (Lipinski definition) is 0. The number of benzene rings is 1. The van der Waals surface area contributed by atoms with Crippen LogP contribution >= 0.6 is 0 Å². The summed E-state index contributed by atoms with van der Waals surface area (Å²) >= 11 is 0. The minimum absolute atomic E-state index is 0. The van der Waals surface area contributed by atoms with E-state index in [4.69, 9.17) is 0 Å². The Morgan fingerprint density at radius 1 is 0.893 bits per heavy atom. The average Bonchev–Trinajstić information content (AvgIpc) is 3.27. The third kappa shape index (κ3) is 5.15. The SMILES string of the molecule is CCC[c-]1ccc2cc3c(cc21)CCC3.Cc1c(C)c(C)[c-](C)c1C.[CH3-].[CH3-].[Hf+4]. The van der Waals surface area contributed by atoms with Gasteiger partial charge in [0.1, 0.15) is 0 Å². The van der Waals surface area contributed by atoms with Crippen LogP contribution in [0.1, 0.15) is 64.3 Å². The van der Waals surface area contributed by atoms with Gasteiger partial charge in [-0.15, -0.1) is 34.5 Å². The van der Waals surface area contributed by atoms with E-state index in [1.807, 2.05) is 0 Å². The topological polar surface area (TPSA) is 0 Å². The molecule has 0 aliphatic heterocycles. The van der Waals surface area contributed by atoms with Gasteiger partial charge >= 0.3 is 25.8 Å². The number of hydrogen-bond acceptors (Lipinski definition) is 0. The van der Waals surface area contributed by atoms with E-state index in [0.717, 1.165) is 0 Å². The van der Waals surface area contributed by atoms with Gasteiger partial charge in [-0.05, 0) is 19.3 Å². The summed E-state index contributed by atoms with van der Waals surface area (Å²) in [5.74, 6) is 0. The third-order valence-electron chi connectivity index (χ3n) is 6.41. The Morgan fingerprint density at radius 3 is 1.89 bits per heavy atom. The smallest absolute Gasteiger partial charge is 0.358 e. The molecule has 0 atom stereocenters. The van der Waals surface area contributed by atoms with Gasteiger partial charge in [-0.25, -0.2) is 0 Å². The summed E-state index contributed by atoms with van der Waals surface area (Å²) < 4.78 is 0. The van der Waals surface area contributed by atoms with Crippen LogP contribution in [0.3, 0.4) is 0 Å². The molecule has 150 valence electrons. The first kappa shape index (κ1) is 27.1. The van der Waals surface area contributed by atoms with Gasteiger partial charge in [0.25, 0.3) is 0 Å². The fourth-order valence-electron chi connectivity index (χ4n) is 4.23. The summed E-state index contributed by atoms with van der Waals surface area (Å²) in [6.45, 7) is 13.3. The fraction of sp³-hybridized carbons (Fsp3) is 0.407. The van der Waals surface area contributed by atoms with E-state index in [1.165, 1.54) is 70.7 Å². The van der Waals surface area contributed by atoms with Crippen molar-refractivity contribution in [1.29, 1.82) is 0 Å². The van der Waals surface area contributed by atoms with Gasteiger partial charge in [0, 0.05) is 0 Å². The molecule has 0 radical (unpaired) electrons. The molecule has 1 aliphatic carbocycles. The van der Waals surface area contributed by atoms with Crippen LogP contribution in [-0.2, 0) is 45.1 Å². The molecule has 28 heavy (non-hydrogen) atoms. The van der Waals surface area contributed by atoms with Crippen LogP contribution in [0.25, 0.3) is 10.8 Å². The van der Waals surface area contributed by atoms with Gasteiger partial charge in [0.05, 0.1) is 0 Å². The molecule has 0 unspecified atom stereocenters. The first-order valence-corrected chi connectivity index (χ1v) is 9.83. The van der Waals surface area contributed by atoms with E-state index >= 15 is 0 Å². The standard InChI is InChI=1S/C15H17.C10H15.2CH3.Hf/c1-2-4-11-7-8-14-9-12-5-3-6-13(12)10-15(11)14;1-6-7(2)9(4)10(5)8(6)3;;;/h7-10H,2-6H2,1H3;1-5H3;2*1H3;/q4*-1;+4. The molecule has 0 N–H and O–H groups in total. The summed E-state index contributed by atoms with van der Waals surface area (Å²) in [4.78, 5) is 0. The van der Waals surface area contributed by atoms with Crippen molar-refractivity contribution in [1.82, 2.24) is 0 Å². The van der Waals surface area contributed by atoms with Crippen LogP contribution in [-0.4, -0.2) is 0 Å². The van der Waals surface area contributed by atoms with E-state index in [1.54, 1.807) is 16.7 Å². The van der Waals surface area contributed by atoms with E-state index in [0.29, 0.717) is 0 Å². The van der Waals surface area contributed by atoms with E-state index in [-0.39, 0.29) is 40.7 Å². The molecule has 0 fully saturated rings. The summed E-state index contributed by atoms with van der Waals surface area (Å²) in [6.07, 6.45) is 6.41. The first-order chi connectivity index (χ1) is 11.9. The zero-order valence-corrected chi connectivity index (χ0v) is 22.9. The molecule has 0 heterocycles. The molecule has 0 nitrogen and oxygen atoms in total. The first-order valence-electron chi connectivity index (χ1n) is 9.83. The Bertz CT molecular complexity index is 809. The Labute approximate surface area is 193 Å². The summed E-state index contributed by atoms with van der Waals surface area (Å²) in [5.41, 5.74) is 12.1. The van der Waals surface area contributed by atoms with Crippen molar-refractivity contribution in [3.8, 4) is 0 Å². The maximum absolute atomic E-state index is 2.45. The maximum Gasteiger partial charge on any atom is 4.00 e. The second kappa shape index (κ2) is 11.3. The monoisotopic (exact) mass is 542 g/mol. The van der Waals surface area contributed by atoms with E-state index in [9.17, 15) is 0 Å². The van der Waals surface area contributed by atoms with Gasteiger partial charge < -0.3 is 14.9 Å². The van der Waals surface area contributed by atoms with Crippen LogP contribution in [0, 0.1) is 49.5 Å². The molecular weight excluding hydrogens is 503 g/mol. The molecular formula is C27H38Hf. The van der Waals surface area contributed by atoms with Crippen LogP contribution < -0.4 is 0 Å². The molecule has 3 aromatic rings. The zero-order valence-electron chi connectivity index (χ0n) is 19.3. The Morgan fingerprint density at radius 2 is 1.43 bits per heavy atom. The fourth-order valence-corrected chi connectivity index (χ4v) is 4.23. The summed E-state index contributed by atoms with van der Waals surface area (Å²) in [6, 6.07) is 9.46. The van der Waals surface area contributed by atoms with Gasteiger partial charge in [-0.3, -0.25) is 0 Å². The molecule has 0 spiro atoms. The average molecular weight is 541 g/mol. The molecule has 0 bridgehead atoms. The molecule has 1 aliphatic rings. The zero-order chi connectivity index (χ0) is 18.1. The van der Waals surface area contributed by atoms with Gasteiger partial charge in [0.15, 0.2) is 0 Å². The Balaban J connectivity index is 0.000000503. The molecule has 0 aromatic heterocycles. The van der Waals surface area contributed by atoms with E-state index in [2.05, 4.69) is 65.8 Å². The second-order valence-electron chi connectivity index (χ2n) is 7.80. The molecule has 1 heteroatoms. The Kier molecular flexibility index (Phi) is 10.9. The van der Waals surface area contributed by atoms with Crippen LogP contribution in [0.5, 0.6) is 0 Å². The number of rotatable bonds is 2. The molecule has 3 aromatic carbocycles. The third-order valence-corrected chi connectivity index (χ3v) is 6.41. The van der Waals surface area contributed by atoms with Crippen molar-refractivity contribution in [3.05, 3.63) is 83.6 Å². The summed E-state index contributed by atoms with van der Waals surface area (Å²) in [7, 11) is 0. The van der Waals surface area contributed by atoms with Gasteiger partial charge in [0.2, 0.25) is 0 Å². The van der Waals surface area contributed by atoms with E-state index < -0.39 is 0 Å². The van der Waals surface area contributed by atoms with Gasteiger partial charge in [-0.1, -0.05) is 65.5 Å². The molecule has 4 rings (SSSR count). The molecule has 0 saturated heterocycles. The quantitative estimate of drug-likeness (QED) is 0.229. The van der Waals surface area contributed by atoms with Crippen LogP contribution in [0.4, 0.5) is 0 Å². The number of fused-ring (bicyclic) bond motifs is 2. The normalized spacial score (nSPS) is 11.6. The van der Waals surface area contributed by atoms with Crippen molar-refractivity contribution in [3.63, 3.8) is 0 Å². The van der Waals surface area contributed by atoms with Crippen molar-refractivity contribution in [2.75, 3.05) is 0 Å². The molecule has 0 saturated carbocycles. The van der Waals surface area contributed by atoms with Gasteiger partial charge in [-0.2, -0.15) is 33.9 Å². The summed E-state index contributed by atoms with van der Waals surface area (Å²) in [5, 5.41) is 2.97. The molecule has 0 amide bonds. The van der Waals surface area contributed by atoms with Crippen molar-refractivity contribution in [2.45, 2.75) is 73.6 Å². The largest absolute Gasteiger partial charge is 4.00 e. The van der Waals surface area contributed by atoms with Crippen LogP contribution in [0.2, 0.25) is 0 Å². The predicted octanol–water partition coefficient (Wildman–Crippen LogP) is 7.85. The minimum Gasteiger partial charge on any atom is -0.358 e. The number of aryl methyl sites for hydroxylation is 3. The minimum atomic E-state index is 0. The van der Waals surface area contributed by atoms with Crippen LogP contribution in [0.15, 0.2) is 24.3 Å². The Hall–Kier alpha value is -0.950. The second-order valence-corrected chi connectivity index (χ2v) is 7.80. The van der Waals surface area contributed by atoms with Crippen molar-refractivity contribution < 1.29 is 25.8 Å².